The van der Waals surface area contributed by atoms with Crippen LogP contribution in [0.25, 0.3) is 11.8 Å². The van der Waals surface area contributed by atoms with Crippen LogP contribution in [0, 0.1) is 0 Å². The summed E-state index contributed by atoms with van der Waals surface area (Å²) in [7, 11) is 0. The van der Waals surface area contributed by atoms with Gasteiger partial charge in [0.05, 0.1) is 23.6 Å². The van der Waals surface area contributed by atoms with Gasteiger partial charge in [-0.2, -0.15) is 0 Å². The van der Waals surface area contributed by atoms with Gasteiger partial charge >= 0.3 is 0 Å². The number of anilines is 1. The molecule has 0 unspecified atom stereocenters. The topological polar surface area (TPSA) is 54.0 Å². The van der Waals surface area contributed by atoms with E-state index in [1.165, 1.54) is 48.9 Å². The smallest absolute Gasteiger partial charge is 0.0874 e. The summed E-state index contributed by atoms with van der Waals surface area (Å²) in [6.45, 7) is 6.86. The maximum Gasteiger partial charge on any atom is 0.0874 e. The Balaban J connectivity index is 1.23. The van der Waals surface area contributed by atoms with E-state index in [1.54, 1.807) is 0 Å². The van der Waals surface area contributed by atoms with Gasteiger partial charge in [-0.25, -0.2) is 4.99 Å². The van der Waals surface area contributed by atoms with Gasteiger partial charge in [-0.15, -0.1) is 0 Å². The Morgan fingerprint density at radius 1 is 1.02 bits per heavy atom. The van der Waals surface area contributed by atoms with Crippen LogP contribution in [-0.4, -0.2) is 24.0 Å². The number of aryl methyl sites for hydroxylation is 1. The number of benzene rings is 3. The highest BCUT2D eigenvalue weighted by molar-refractivity contribution is 6.30. The Morgan fingerprint density at radius 3 is 2.51 bits per heavy atom. The molecular weight excluding hydrogens is 524 g/mol. The second-order valence-electron chi connectivity index (χ2n) is 11.0. The first-order valence-corrected chi connectivity index (χ1v) is 15.0. The maximum atomic E-state index is 6.03. The van der Waals surface area contributed by atoms with E-state index in [0.717, 1.165) is 52.6 Å². The number of hydrogen-bond acceptors (Lipinski definition) is 4. The number of aliphatic imine (C=N–C) groups is 2. The summed E-state index contributed by atoms with van der Waals surface area (Å²) in [6, 6.07) is 23.6. The quantitative estimate of drug-likeness (QED) is 0.209. The Labute approximate surface area is 249 Å². The molecule has 3 aromatic carbocycles. The average molecular weight is 563 g/mol. The van der Waals surface area contributed by atoms with Crippen LogP contribution >= 0.6 is 11.6 Å². The summed E-state index contributed by atoms with van der Waals surface area (Å²) in [6.07, 6.45) is 16.1. The fourth-order valence-corrected chi connectivity index (χ4v) is 5.70. The maximum absolute atomic E-state index is 6.03. The van der Waals surface area contributed by atoms with Crippen LogP contribution in [0.3, 0.4) is 0 Å². The summed E-state index contributed by atoms with van der Waals surface area (Å²) in [5, 5.41) is 0.746. The standard InChI is InChI=1S/C36H39ClN4/c1-26(39-23-7-6-8-28-15-20-32(37)21-16-28)11-12-29-13-17-30(18-14-29)35-25-41(33-9-4-3-5-10-33)36-22-19-31(27(2)38)24-34(36)40-35/h6-8,13-24,33H,2-5,9-12,25,38H2,1H3/b8-6+,23-7-,39-26?. The molecule has 0 bridgehead atoms. The highest BCUT2D eigenvalue weighted by Gasteiger charge is 2.28. The van der Waals surface area contributed by atoms with E-state index in [4.69, 9.17) is 22.3 Å². The van der Waals surface area contributed by atoms with Crippen molar-refractivity contribution in [1.29, 1.82) is 0 Å². The predicted molar refractivity (Wildman–Crippen MR) is 178 cm³/mol. The van der Waals surface area contributed by atoms with Gasteiger partial charge in [0, 0.05) is 28.7 Å². The van der Waals surface area contributed by atoms with Crippen LogP contribution < -0.4 is 10.6 Å². The van der Waals surface area contributed by atoms with E-state index in [-0.39, 0.29) is 0 Å². The molecule has 0 spiro atoms. The van der Waals surface area contributed by atoms with Crippen LogP contribution in [0.5, 0.6) is 0 Å². The van der Waals surface area contributed by atoms with Crippen molar-refractivity contribution in [3.8, 4) is 0 Å². The molecule has 41 heavy (non-hydrogen) atoms. The van der Waals surface area contributed by atoms with E-state index < -0.39 is 0 Å². The van der Waals surface area contributed by atoms with E-state index >= 15 is 0 Å². The molecule has 4 nitrogen and oxygen atoms in total. The first-order chi connectivity index (χ1) is 20.0. The molecular formula is C36H39ClN4. The van der Waals surface area contributed by atoms with Crippen LogP contribution in [0.1, 0.15) is 67.7 Å². The van der Waals surface area contributed by atoms with Crippen LogP contribution in [0.4, 0.5) is 11.4 Å². The zero-order valence-corrected chi connectivity index (χ0v) is 24.7. The second kappa shape index (κ2) is 13.6. The van der Waals surface area contributed by atoms with Gasteiger partial charge in [0.2, 0.25) is 0 Å². The SMILES string of the molecule is C=C(N)c1ccc2c(c1)N=C(c1ccc(CCC(C)=N/C=C\C=C\c3ccc(Cl)cc3)cc1)CN2C1CCCCC1. The van der Waals surface area contributed by atoms with Gasteiger partial charge in [-0.3, -0.25) is 4.99 Å². The lowest BCUT2D eigenvalue weighted by Gasteiger charge is -2.39. The van der Waals surface area contributed by atoms with Gasteiger partial charge in [-0.05, 0) is 85.2 Å². The van der Waals surface area contributed by atoms with Gasteiger partial charge in [-0.1, -0.05) is 92.1 Å². The van der Waals surface area contributed by atoms with Gasteiger partial charge in [0.1, 0.15) is 0 Å². The summed E-state index contributed by atoms with van der Waals surface area (Å²) in [4.78, 5) is 12.3. The van der Waals surface area contributed by atoms with Crippen molar-refractivity contribution < 1.29 is 0 Å². The van der Waals surface area contributed by atoms with E-state index in [1.807, 2.05) is 48.7 Å². The fraction of sp³-hybridized carbons (Fsp3) is 0.278. The summed E-state index contributed by atoms with van der Waals surface area (Å²) in [5.74, 6) is 0. The molecule has 0 amide bonds. The Bertz CT molecular complexity index is 1470. The Kier molecular flexibility index (Phi) is 9.53. The van der Waals surface area contributed by atoms with Gasteiger partial charge < -0.3 is 10.6 Å². The lowest BCUT2D eigenvalue weighted by molar-refractivity contribution is 0.423. The van der Waals surface area contributed by atoms with Crippen molar-refractivity contribution in [3.63, 3.8) is 0 Å². The number of nitrogens with zero attached hydrogens (tertiary/aromatic N) is 3. The zero-order valence-electron chi connectivity index (χ0n) is 23.9. The molecule has 1 aliphatic carbocycles. The minimum Gasteiger partial charge on any atom is -0.399 e. The van der Waals surface area contributed by atoms with E-state index in [0.29, 0.717) is 11.7 Å². The molecule has 0 radical (unpaired) electrons. The van der Waals surface area contributed by atoms with Crippen LogP contribution in [-0.2, 0) is 6.42 Å². The number of allylic oxidation sites excluding steroid dienone is 2. The molecule has 210 valence electrons. The molecule has 3 aromatic rings. The first kappa shape index (κ1) is 28.6. The molecule has 5 rings (SSSR count). The minimum absolute atomic E-state index is 0.559. The van der Waals surface area contributed by atoms with E-state index in [2.05, 4.69) is 65.9 Å². The summed E-state index contributed by atoms with van der Waals surface area (Å²) < 4.78 is 0. The third-order valence-electron chi connectivity index (χ3n) is 7.96. The van der Waals surface area contributed by atoms with Crippen LogP contribution in [0.15, 0.2) is 102 Å². The molecule has 1 fully saturated rings. The second-order valence-corrected chi connectivity index (χ2v) is 11.5. The number of fused-ring (bicyclic) bond motifs is 1. The number of halogens is 1. The fourth-order valence-electron chi connectivity index (χ4n) is 5.57. The largest absolute Gasteiger partial charge is 0.399 e. The molecule has 0 aromatic heterocycles. The number of nitrogens with two attached hydrogens (primary N) is 1. The molecule has 2 aliphatic rings. The summed E-state index contributed by atoms with van der Waals surface area (Å²) >= 11 is 5.94. The van der Waals surface area contributed by atoms with Crippen LogP contribution in [0.2, 0.25) is 5.02 Å². The zero-order chi connectivity index (χ0) is 28.6. The van der Waals surface area contributed by atoms with Gasteiger partial charge in [0.15, 0.2) is 0 Å². The average Bonchev–Trinajstić information content (AvgIpc) is 3.00. The molecule has 2 N–H and O–H groups in total. The molecule has 5 heteroatoms. The van der Waals surface area contributed by atoms with Crippen molar-refractivity contribution in [2.24, 2.45) is 15.7 Å². The summed E-state index contributed by atoms with van der Waals surface area (Å²) in [5.41, 5.74) is 15.6. The Morgan fingerprint density at radius 2 is 1.78 bits per heavy atom. The normalized spacial score (nSPS) is 16.3. The molecule has 1 aliphatic heterocycles. The van der Waals surface area contributed by atoms with Crippen molar-refractivity contribution in [2.75, 3.05) is 11.4 Å². The van der Waals surface area contributed by atoms with Crippen molar-refractivity contribution >= 4 is 46.2 Å². The predicted octanol–water partition coefficient (Wildman–Crippen LogP) is 9.16. The third kappa shape index (κ3) is 7.65. The highest BCUT2D eigenvalue weighted by atomic mass is 35.5. The number of hydrogen-bond donors (Lipinski definition) is 1. The number of rotatable bonds is 9. The Hall–Kier alpha value is -3.89. The first-order valence-electron chi connectivity index (χ1n) is 14.6. The molecule has 0 atom stereocenters. The lowest BCUT2D eigenvalue weighted by atomic mass is 9.92. The molecule has 0 saturated heterocycles. The monoisotopic (exact) mass is 562 g/mol. The third-order valence-corrected chi connectivity index (χ3v) is 8.21. The minimum atomic E-state index is 0.559. The van der Waals surface area contributed by atoms with E-state index in [9.17, 15) is 0 Å². The lowest BCUT2D eigenvalue weighted by Crippen LogP contribution is -2.42. The molecule has 1 saturated carbocycles. The van der Waals surface area contributed by atoms with Crippen molar-refractivity contribution in [2.45, 2.75) is 57.9 Å². The van der Waals surface area contributed by atoms with Gasteiger partial charge in [0.25, 0.3) is 0 Å². The highest BCUT2D eigenvalue weighted by Crippen LogP contribution is 2.39. The van der Waals surface area contributed by atoms with Crippen molar-refractivity contribution in [1.82, 2.24) is 0 Å². The molecule has 1 heterocycles. The van der Waals surface area contributed by atoms with Crippen molar-refractivity contribution in [3.05, 3.63) is 119 Å².